The lowest BCUT2D eigenvalue weighted by atomic mass is 10.1. The Kier molecular flexibility index (Phi) is 3.83. The van der Waals surface area contributed by atoms with Crippen molar-refractivity contribution in [2.75, 3.05) is 11.6 Å². The molecule has 5 rings (SSSR count). The fourth-order valence-electron chi connectivity index (χ4n) is 3.24. The largest absolute Gasteiger partial charge is 0.309 e. The van der Waals surface area contributed by atoms with Crippen molar-refractivity contribution in [3.05, 3.63) is 36.7 Å². The highest BCUT2D eigenvalue weighted by Crippen LogP contribution is 2.37. The standard InChI is InChI=1S/C18H14F2N6OS/c1-28-17-11(20)3-12-9(4-22-25-12)16(17)13-6-26-7-14(23-15(26)5-21-13)24-18(27)8-2-10(8)19/h3-8,10H,2H2,1H3,(H,22,25)(H,24,27). The zero-order valence-electron chi connectivity index (χ0n) is 14.6. The van der Waals surface area contributed by atoms with Gasteiger partial charge in [-0.15, -0.1) is 11.8 Å². The maximum Gasteiger partial charge on any atom is 0.231 e. The number of nitrogens with one attached hydrogen (secondary N) is 2. The predicted octanol–water partition coefficient (Wildman–Crippen LogP) is 3.43. The van der Waals surface area contributed by atoms with Crippen molar-refractivity contribution in [2.24, 2.45) is 5.92 Å². The van der Waals surface area contributed by atoms with Crippen LogP contribution in [0.4, 0.5) is 14.6 Å². The molecule has 28 heavy (non-hydrogen) atoms. The highest BCUT2D eigenvalue weighted by molar-refractivity contribution is 7.98. The topological polar surface area (TPSA) is 88.0 Å². The van der Waals surface area contributed by atoms with Gasteiger partial charge in [0.15, 0.2) is 11.5 Å². The van der Waals surface area contributed by atoms with Crippen LogP contribution in [0.15, 0.2) is 35.7 Å². The first-order chi connectivity index (χ1) is 13.5. The molecule has 0 aliphatic heterocycles. The van der Waals surface area contributed by atoms with Gasteiger partial charge in [-0.1, -0.05) is 0 Å². The van der Waals surface area contributed by atoms with Gasteiger partial charge in [0, 0.05) is 23.2 Å². The van der Waals surface area contributed by atoms with Crippen LogP contribution in [0.1, 0.15) is 6.42 Å². The maximum atomic E-state index is 14.5. The number of imidazole rings is 1. The minimum atomic E-state index is -1.07. The van der Waals surface area contributed by atoms with Crippen molar-refractivity contribution in [1.82, 2.24) is 24.6 Å². The van der Waals surface area contributed by atoms with Gasteiger partial charge in [-0.2, -0.15) is 5.10 Å². The van der Waals surface area contributed by atoms with Crippen LogP contribution >= 0.6 is 11.8 Å². The molecule has 0 radical (unpaired) electrons. The van der Waals surface area contributed by atoms with Gasteiger partial charge in [0.05, 0.1) is 40.6 Å². The van der Waals surface area contributed by atoms with E-state index in [9.17, 15) is 13.6 Å². The molecule has 2 atom stereocenters. The molecule has 1 aliphatic carbocycles. The summed E-state index contributed by atoms with van der Waals surface area (Å²) in [5.74, 6) is -1.01. The third-order valence-corrected chi connectivity index (χ3v) is 5.56. The first-order valence-corrected chi connectivity index (χ1v) is 9.77. The fraction of sp³-hybridized carbons (Fsp3) is 0.222. The summed E-state index contributed by atoms with van der Waals surface area (Å²) in [7, 11) is 0. The Morgan fingerprint density at radius 1 is 1.39 bits per heavy atom. The van der Waals surface area contributed by atoms with Crippen LogP contribution in [-0.2, 0) is 4.79 Å². The minimum absolute atomic E-state index is 0.253. The normalized spacial score (nSPS) is 18.7. The molecule has 0 saturated heterocycles. The molecule has 0 spiro atoms. The van der Waals surface area contributed by atoms with Gasteiger partial charge in [-0.05, 0) is 12.7 Å². The number of anilines is 1. The fourth-order valence-corrected chi connectivity index (χ4v) is 3.91. The van der Waals surface area contributed by atoms with E-state index < -0.39 is 12.1 Å². The summed E-state index contributed by atoms with van der Waals surface area (Å²) in [5, 5.41) is 10.2. The van der Waals surface area contributed by atoms with Crippen molar-refractivity contribution >= 4 is 40.0 Å². The summed E-state index contributed by atoms with van der Waals surface area (Å²) in [5.41, 5.74) is 2.27. The van der Waals surface area contributed by atoms with Gasteiger partial charge in [0.1, 0.15) is 12.0 Å². The van der Waals surface area contributed by atoms with E-state index in [1.54, 1.807) is 35.4 Å². The van der Waals surface area contributed by atoms with Crippen molar-refractivity contribution in [2.45, 2.75) is 17.5 Å². The second-order valence-electron chi connectivity index (χ2n) is 6.61. The zero-order chi connectivity index (χ0) is 19.4. The van der Waals surface area contributed by atoms with Crippen LogP contribution in [0.25, 0.3) is 27.8 Å². The molecule has 1 saturated carbocycles. The Balaban J connectivity index is 1.58. The highest BCUT2D eigenvalue weighted by atomic mass is 32.2. The number of H-pyrrole nitrogens is 1. The van der Waals surface area contributed by atoms with Crippen LogP contribution in [0, 0.1) is 11.7 Å². The summed E-state index contributed by atoms with van der Waals surface area (Å²) in [6.45, 7) is 0. The van der Waals surface area contributed by atoms with Crippen molar-refractivity contribution in [3.8, 4) is 11.3 Å². The molecule has 7 nitrogen and oxygen atoms in total. The first-order valence-electron chi connectivity index (χ1n) is 8.55. The molecular weight excluding hydrogens is 386 g/mol. The number of nitrogens with zero attached hydrogens (tertiary/aromatic N) is 4. The SMILES string of the molecule is CSc1c(F)cc2[nH]ncc2c1-c1cn2cc(NC(=O)C3CC3F)nc2cn1. The summed E-state index contributed by atoms with van der Waals surface area (Å²) in [6.07, 6.45) is 7.50. The number of aromatic nitrogens is 5. The van der Waals surface area contributed by atoms with E-state index >= 15 is 0 Å². The van der Waals surface area contributed by atoms with Gasteiger partial charge >= 0.3 is 0 Å². The maximum absolute atomic E-state index is 14.5. The van der Waals surface area contributed by atoms with Crippen molar-refractivity contribution in [3.63, 3.8) is 0 Å². The summed E-state index contributed by atoms with van der Waals surface area (Å²) >= 11 is 1.29. The molecule has 142 valence electrons. The number of carbonyl (C=O) groups excluding carboxylic acids is 1. The molecule has 2 N–H and O–H groups in total. The molecule has 4 aromatic rings. The first kappa shape index (κ1) is 17.1. The number of amides is 1. The van der Waals surface area contributed by atoms with Gasteiger partial charge < -0.3 is 9.72 Å². The van der Waals surface area contributed by atoms with Gasteiger partial charge in [-0.25, -0.2) is 13.8 Å². The summed E-state index contributed by atoms with van der Waals surface area (Å²) < 4.78 is 29.3. The second kappa shape index (κ2) is 6.26. The van der Waals surface area contributed by atoms with Crippen LogP contribution < -0.4 is 5.32 Å². The number of halogens is 2. The number of carbonyl (C=O) groups is 1. The van der Waals surface area contributed by atoms with E-state index in [0.29, 0.717) is 33.1 Å². The van der Waals surface area contributed by atoms with E-state index in [-0.39, 0.29) is 18.1 Å². The van der Waals surface area contributed by atoms with Crippen LogP contribution in [0.3, 0.4) is 0 Å². The zero-order valence-corrected chi connectivity index (χ0v) is 15.4. The van der Waals surface area contributed by atoms with E-state index in [2.05, 4.69) is 25.5 Å². The highest BCUT2D eigenvalue weighted by Gasteiger charge is 2.43. The number of fused-ring (bicyclic) bond motifs is 2. The van der Waals surface area contributed by atoms with Crippen molar-refractivity contribution < 1.29 is 13.6 Å². The molecule has 3 heterocycles. The number of hydrogen-bond donors (Lipinski definition) is 2. The van der Waals surface area contributed by atoms with Crippen LogP contribution in [-0.4, -0.2) is 42.9 Å². The van der Waals surface area contributed by atoms with Gasteiger partial charge in [-0.3, -0.25) is 14.9 Å². The number of thioether (sulfide) groups is 1. The van der Waals surface area contributed by atoms with E-state index in [1.165, 1.54) is 17.8 Å². The number of benzene rings is 1. The Labute approximate surface area is 161 Å². The van der Waals surface area contributed by atoms with Gasteiger partial charge in [0.25, 0.3) is 0 Å². The van der Waals surface area contributed by atoms with E-state index in [0.717, 1.165) is 5.39 Å². The Hall–Kier alpha value is -3.01. The molecule has 2 unspecified atom stereocenters. The smallest absolute Gasteiger partial charge is 0.231 e. The lowest BCUT2D eigenvalue weighted by Gasteiger charge is -2.10. The molecule has 1 amide bonds. The number of rotatable bonds is 4. The predicted molar refractivity (Wildman–Crippen MR) is 101 cm³/mol. The molecule has 1 fully saturated rings. The molecule has 10 heteroatoms. The molecule has 0 bridgehead atoms. The Morgan fingerprint density at radius 2 is 2.21 bits per heavy atom. The second-order valence-corrected chi connectivity index (χ2v) is 7.43. The Bertz CT molecular complexity index is 1240. The van der Waals surface area contributed by atoms with Gasteiger partial charge in [0.2, 0.25) is 5.91 Å². The number of alkyl halides is 1. The molecule has 1 aliphatic rings. The summed E-state index contributed by atoms with van der Waals surface area (Å²) in [4.78, 5) is 21.1. The molecular formula is C18H14F2N6OS. The van der Waals surface area contributed by atoms with Crippen LogP contribution in [0.2, 0.25) is 0 Å². The van der Waals surface area contributed by atoms with E-state index in [1.807, 2.05) is 0 Å². The van der Waals surface area contributed by atoms with E-state index in [4.69, 9.17) is 0 Å². The molecule has 1 aromatic carbocycles. The number of hydrogen-bond acceptors (Lipinski definition) is 5. The molecule has 3 aromatic heterocycles. The van der Waals surface area contributed by atoms with Crippen LogP contribution in [0.5, 0.6) is 0 Å². The summed E-state index contributed by atoms with van der Waals surface area (Å²) in [6, 6.07) is 1.41. The average Bonchev–Trinajstić information content (AvgIpc) is 3.05. The lowest BCUT2D eigenvalue weighted by molar-refractivity contribution is -0.117. The third-order valence-electron chi connectivity index (χ3n) is 4.76. The monoisotopic (exact) mass is 400 g/mol. The average molecular weight is 400 g/mol. The Morgan fingerprint density at radius 3 is 2.96 bits per heavy atom. The minimum Gasteiger partial charge on any atom is -0.309 e. The lowest BCUT2D eigenvalue weighted by Crippen LogP contribution is -2.15. The number of aromatic amines is 1. The quantitative estimate of drug-likeness (QED) is 0.513. The van der Waals surface area contributed by atoms with Crippen molar-refractivity contribution in [1.29, 1.82) is 0 Å². The third kappa shape index (κ3) is 2.71.